The van der Waals surface area contributed by atoms with Crippen LogP contribution in [0.2, 0.25) is 0 Å². The summed E-state index contributed by atoms with van der Waals surface area (Å²) in [7, 11) is 0. The van der Waals surface area contributed by atoms with Gasteiger partial charge in [0, 0.05) is 35.6 Å². The normalized spacial score (nSPS) is 18.1. The Hall–Kier alpha value is -6.28. The summed E-state index contributed by atoms with van der Waals surface area (Å²) in [5.74, 6) is 0.137. The molecule has 2 N–H and O–H groups in total. The minimum atomic E-state index is -0.535. The standard InChI is InChI=1S/C52H54N4O4/c57-49(47-21-11-33-55(47)51(59)45-19-9-7-17-41(45)35-39-13-3-1-4-14-39)53-43-29-25-37(26-30-43)23-24-38-27-31-44(32-28-38)54-50(58)48-22-12-34-56(48)52(60)46-20-10-8-18-42(46)36-40-15-5-2-6-16-40/h1,3-4,7-10,13-14,17-20,23-32,40,47-48H,2,5-6,11-12,15-16,21-22,33-36H2,(H,53,57)(H,54,58)/b24-23+/t47-,48-/m0/s1. The third-order valence-corrected chi connectivity index (χ3v) is 12.4. The number of amides is 4. The molecule has 2 heterocycles. The zero-order valence-corrected chi connectivity index (χ0v) is 34.2. The van der Waals surface area contributed by atoms with Crippen molar-refractivity contribution in [3.8, 4) is 0 Å². The van der Waals surface area contributed by atoms with Crippen LogP contribution in [0.15, 0.2) is 127 Å². The lowest BCUT2D eigenvalue weighted by Crippen LogP contribution is -2.43. The molecule has 2 aliphatic heterocycles. The van der Waals surface area contributed by atoms with E-state index in [0.29, 0.717) is 55.2 Å². The average Bonchev–Trinajstić information content (AvgIpc) is 3.99. The zero-order chi connectivity index (χ0) is 41.3. The van der Waals surface area contributed by atoms with Crippen LogP contribution >= 0.6 is 0 Å². The Labute approximate surface area is 353 Å². The highest BCUT2D eigenvalue weighted by molar-refractivity contribution is 6.03. The number of likely N-dealkylation sites (tertiary alicyclic amines) is 2. The second-order valence-electron chi connectivity index (χ2n) is 16.6. The third kappa shape index (κ3) is 9.77. The molecule has 3 fully saturated rings. The largest absolute Gasteiger partial charge is 0.327 e. The van der Waals surface area contributed by atoms with Crippen molar-refractivity contribution in [1.29, 1.82) is 0 Å². The molecule has 1 saturated carbocycles. The Morgan fingerprint density at radius 2 is 0.967 bits per heavy atom. The first-order valence-electron chi connectivity index (χ1n) is 21.7. The van der Waals surface area contributed by atoms with E-state index in [0.717, 1.165) is 52.6 Å². The van der Waals surface area contributed by atoms with Gasteiger partial charge in [0.25, 0.3) is 11.8 Å². The van der Waals surface area contributed by atoms with E-state index in [4.69, 9.17) is 0 Å². The van der Waals surface area contributed by atoms with Crippen LogP contribution < -0.4 is 10.6 Å². The third-order valence-electron chi connectivity index (χ3n) is 12.4. The van der Waals surface area contributed by atoms with Gasteiger partial charge in [-0.25, -0.2) is 0 Å². The Morgan fingerprint density at radius 1 is 0.500 bits per heavy atom. The molecule has 0 radical (unpaired) electrons. The summed E-state index contributed by atoms with van der Waals surface area (Å²) >= 11 is 0. The second-order valence-corrected chi connectivity index (χ2v) is 16.6. The van der Waals surface area contributed by atoms with Gasteiger partial charge in [-0.2, -0.15) is 0 Å². The van der Waals surface area contributed by atoms with Gasteiger partial charge in [0.1, 0.15) is 12.1 Å². The number of hydrogen-bond donors (Lipinski definition) is 2. The summed E-state index contributed by atoms with van der Waals surface area (Å²) in [6, 6.07) is 40.0. The van der Waals surface area contributed by atoms with Gasteiger partial charge in [-0.3, -0.25) is 19.2 Å². The van der Waals surface area contributed by atoms with Crippen LogP contribution in [0.1, 0.15) is 106 Å². The molecule has 1 aliphatic carbocycles. The molecule has 8 rings (SSSR count). The summed E-state index contributed by atoms with van der Waals surface area (Å²) in [4.78, 5) is 58.2. The van der Waals surface area contributed by atoms with Crippen LogP contribution in [0.5, 0.6) is 0 Å². The van der Waals surface area contributed by atoms with Crippen LogP contribution in [0, 0.1) is 5.92 Å². The number of carbonyl (C=O) groups is 4. The number of hydrogen-bond acceptors (Lipinski definition) is 4. The number of nitrogens with one attached hydrogen (secondary N) is 2. The van der Waals surface area contributed by atoms with E-state index in [-0.39, 0.29) is 23.6 Å². The van der Waals surface area contributed by atoms with Crippen molar-refractivity contribution in [1.82, 2.24) is 9.80 Å². The maximum atomic E-state index is 13.9. The molecule has 3 aliphatic rings. The Balaban J connectivity index is 0.836. The summed E-state index contributed by atoms with van der Waals surface area (Å²) in [6.07, 6.45) is 14.7. The van der Waals surface area contributed by atoms with Crippen LogP contribution in [-0.2, 0) is 22.4 Å². The number of anilines is 2. The van der Waals surface area contributed by atoms with Gasteiger partial charge < -0.3 is 20.4 Å². The maximum absolute atomic E-state index is 13.9. The molecule has 0 spiro atoms. The van der Waals surface area contributed by atoms with E-state index in [2.05, 4.69) is 28.8 Å². The van der Waals surface area contributed by atoms with E-state index in [1.54, 1.807) is 9.80 Å². The summed E-state index contributed by atoms with van der Waals surface area (Å²) in [5, 5.41) is 6.10. The lowest BCUT2D eigenvalue weighted by molar-refractivity contribution is -0.120. The molecule has 60 heavy (non-hydrogen) atoms. The molecule has 0 bridgehead atoms. The Morgan fingerprint density at radius 3 is 1.50 bits per heavy atom. The lowest BCUT2D eigenvalue weighted by atomic mass is 9.83. The van der Waals surface area contributed by atoms with E-state index in [1.165, 1.54) is 32.1 Å². The molecular formula is C52H54N4O4. The molecule has 4 amide bonds. The minimum absolute atomic E-state index is 0.0425. The molecule has 2 saturated heterocycles. The van der Waals surface area contributed by atoms with E-state index in [9.17, 15) is 19.2 Å². The van der Waals surface area contributed by atoms with Gasteiger partial charge in [-0.1, -0.05) is 135 Å². The Bertz CT molecular complexity index is 2310. The fourth-order valence-electron chi connectivity index (χ4n) is 9.18. The topological polar surface area (TPSA) is 98.8 Å². The highest BCUT2D eigenvalue weighted by atomic mass is 16.2. The highest BCUT2D eigenvalue weighted by Gasteiger charge is 2.36. The smallest absolute Gasteiger partial charge is 0.254 e. The van der Waals surface area contributed by atoms with Gasteiger partial charge in [-0.15, -0.1) is 0 Å². The Kier molecular flexibility index (Phi) is 13.0. The summed E-state index contributed by atoms with van der Waals surface area (Å²) in [6.45, 7) is 1.13. The van der Waals surface area contributed by atoms with Gasteiger partial charge in [0.15, 0.2) is 0 Å². The molecule has 8 nitrogen and oxygen atoms in total. The maximum Gasteiger partial charge on any atom is 0.254 e. The number of nitrogens with zero attached hydrogens (tertiary/aromatic N) is 2. The fourth-order valence-corrected chi connectivity index (χ4v) is 9.18. The molecule has 5 aromatic rings. The molecule has 2 atom stereocenters. The van der Waals surface area contributed by atoms with Crippen molar-refractivity contribution >= 4 is 47.2 Å². The molecular weight excluding hydrogens is 745 g/mol. The quantitative estimate of drug-likeness (QED) is 0.123. The second kappa shape index (κ2) is 19.2. The zero-order valence-electron chi connectivity index (χ0n) is 34.2. The van der Waals surface area contributed by atoms with Crippen molar-refractivity contribution in [2.75, 3.05) is 23.7 Å². The van der Waals surface area contributed by atoms with Crippen molar-refractivity contribution in [3.63, 3.8) is 0 Å². The first-order valence-corrected chi connectivity index (χ1v) is 21.7. The first-order chi connectivity index (χ1) is 29.4. The van der Waals surface area contributed by atoms with Crippen molar-refractivity contribution in [2.24, 2.45) is 5.92 Å². The monoisotopic (exact) mass is 798 g/mol. The van der Waals surface area contributed by atoms with Gasteiger partial charge in [0.2, 0.25) is 11.8 Å². The van der Waals surface area contributed by atoms with Crippen molar-refractivity contribution in [2.45, 2.75) is 82.7 Å². The van der Waals surface area contributed by atoms with Crippen molar-refractivity contribution in [3.05, 3.63) is 166 Å². The lowest BCUT2D eigenvalue weighted by Gasteiger charge is -2.26. The van der Waals surface area contributed by atoms with Gasteiger partial charge in [-0.05, 0) is 109 Å². The van der Waals surface area contributed by atoms with Crippen LogP contribution in [0.3, 0.4) is 0 Å². The van der Waals surface area contributed by atoms with E-state index < -0.39 is 12.1 Å². The van der Waals surface area contributed by atoms with Crippen LogP contribution in [-0.4, -0.2) is 58.6 Å². The predicted octanol–water partition coefficient (Wildman–Crippen LogP) is 10.1. The van der Waals surface area contributed by atoms with Gasteiger partial charge >= 0.3 is 0 Å². The molecule has 8 heteroatoms. The molecule has 0 unspecified atom stereocenters. The predicted molar refractivity (Wildman–Crippen MR) is 240 cm³/mol. The number of benzene rings is 5. The summed E-state index contributed by atoms with van der Waals surface area (Å²) < 4.78 is 0. The van der Waals surface area contributed by atoms with E-state index in [1.807, 2.05) is 121 Å². The van der Waals surface area contributed by atoms with Crippen LogP contribution in [0.4, 0.5) is 11.4 Å². The fraction of sp³-hybridized carbons (Fsp3) is 0.308. The van der Waals surface area contributed by atoms with Crippen LogP contribution in [0.25, 0.3) is 12.2 Å². The highest BCUT2D eigenvalue weighted by Crippen LogP contribution is 2.30. The van der Waals surface area contributed by atoms with E-state index >= 15 is 0 Å². The molecule has 5 aromatic carbocycles. The first kappa shape index (κ1) is 40.5. The average molecular weight is 799 g/mol. The van der Waals surface area contributed by atoms with Crippen molar-refractivity contribution < 1.29 is 19.2 Å². The molecule has 306 valence electrons. The summed E-state index contributed by atoms with van der Waals surface area (Å²) in [5.41, 5.74) is 7.85. The SMILES string of the molecule is O=C(Nc1ccc(/C=C/c2ccc(NC(=O)[C@@H]3CCCN3C(=O)c3ccccc3CC3CCCCC3)cc2)cc1)[C@@H]1CCCN1C(=O)c1ccccc1Cc1ccccc1. The minimum Gasteiger partial charge on any atom is -0.327 e. The number of carbonyl (C=O) groups excluding carboxylic acids is 4. The van der Waals surface area contributed by atoms with Gasteiger partial charge in [0.05, 0.1) is 0 Å². The molecule has 0 aromatic heterocycles. The number of rotatable bonds is 12.